The lowest BCUT2D eigenvalue weighted by Crippen LogP contribution is -2.43. The van der Waals surface area contributed by atoms with Gasteiger partial charge in [0.15, 0.2) is 0 Å². The average Bonchev–Trinajstić information content (AvgIpc) is 3.17. The molecule has 1 aromatic heterocycles. The lowest BCUT2D eigenvalue weighted by molar-refractivity contribution is -0.119. The number of aromatic nitrogens is 1. The van der Waals surface area contributed by atoms with Gasteiger partial charge in [-0.15, -0.1) is 0 Å². The number of hydrogen-bond acceptors (Lipinski definition) is 4. The van der Waals surface area contributed by atoms with Gasteiger partial charge in [-0.3, -0.25) is 9.59 Å². The Morgan fingerprint density at radius 2 is 2.17 bits per heavy atom. The summed E-state index contributed by atoms with van der Waals surface area (Å²) in [5.41, 5.74) is 1.05. The predicted molar refractivity (Wildman–Crippen MR) is 83.8 cm³/mol. The molecule has 3 heterocycles. The zero-order valence-corrected chi connectivity index (χ0v) is 13.6. The molecule has 1 fully saturated rings. The van der Waals surface area contributed by atoms with Crippen LogP contribution in [0.4, 0.5) is 0 Å². The van der Waals surface area contributed by atoms with E-state index >= 15 is 0 Å². The number of aromatic carboxylic acids is 1. The van der Waals surface area contributed by atoms with Crippen LogP contribution in [0.2, 0.25) is 0 Å². The summed E-state index contributed by atoms with van der Waals surface area (Å²) in [6, 6.07) is 1.39. The van der Waals surface area contributed by atoms with Gasteiger partial charge in [0.05, 0.1) is 24.5 Å². The molecule has 1 atom stereocenters. The van der Waals surface area contributed by atoms with Crippen molar-refractivity contribution in [2.75, 3.05) is 19.7 Å². The Labute approximate surface area is 139 Å². The molecule has 0 bridgehead atoms. The van der Waals surface area contributed by atoms with Gasteiger partial charge in [0.25, 0.3) is 5.91 Å². The molecular formula is C16H21N3O5. The highest BCUT2D eigenvalue weighted by Gasteiger charge is 2.33. The second-order valence-electron chi connectivity index (χ2n) is 6.13. The highest BCUT2D eigenvalue weighted by Crippen LogP contribution is 2.25. The minimum absolute atomic E-state index is 0.0549. The molecule has 1 unspecified atom stereocenters. The first-order valence-corrected chi connectivity index (χ1v) is 8.08. The molecule has 3 rings (SSSR count). The molecule has 0 spiro atoms. The van der Waals surface area contributed by atoms with E-state index in [4.69, 9.17) is 4.74 Å². The SMILES string of the molecule is CC(=O)NCC1CCCN1C(=O)c1cc(C(=O)O)c2n1CCOC2. The minimum Gasteiger partial charge on any atom is -0.478 e. The van der Waals surface area contributed by atoms with Gasteiger partial charge in [-0.2, -0.15) is 0 Å². The van der Waals surface area contributed by atoms with Crippen LogP contribution < -0.4 is 5.32 Å². The van der Waals surface area contributed by atoms with E-state index < -0.39 is 5.97 Å². The van der Waals surface area contributed by atoms with Gasteiger partial charge in [-0.25, -0.2) is 4.79 Å². The van der Waals surface area contributed by atoms with Crippen LogP contribution in [0.25, 0.3) is 0 Å². The highest BCUT2D eigenvalue weighted by molar-refractivity contribution is 5.98. The second-order valence-corrected chi connectivity index (χ2v) is 6.13. The Bertz CT molecular complexity index is 681. The Balaban J connectivity index is 1.86. The molecule has 2 N–H and O–H groups in total. The van der Waals surface area contributed by atoms with Gasteiger partial charge in [-0.1, -0.05) is 0 Å². The normalized spacial score (nSPS) is 19.9. The first-order chi connectivity index (χ1) is 11.5. The third-order valence-electron chi connectivity index (χ3n) is 4.58. The van der Waals surface area contributed by atoms with E-state index in [0.717, 1.165) is 12.8 Å². The van der Waals surface area contributed by atoms with Crippen LogP contribution in [0, 0.1) is 0 Å². The van der Waals surface area contributed by atoms with Crippen molar-refractivity contribution in [3.8, 4) is 0 Å². The van der Waals surface area contributed by atoms with E-state index in [9.17, 15) is 19.5 Å². The van der Waals surface area contributed by atoms with Crippen LogP contribution in [0.5, 0.6) is 0 Å². The van der Waals surface area contributed by atoms with Crippen LogP contribution in [0.1, 0.15) is 46.3 Å². The molecule has 1 saturated heterocycles. The summed E-state index contributed by atoms with van der Waals surface area (Å²) < 4.78 is 7.09. The van der Waals surface area contributed by atoms with Crippen molar-refractivity contribution in [2.24, 2.45) is 0 Å². The van der Waals surface area contributed by atoms with E-state index in [-0.39, 0.29) is 30.0 Å². The highest BCUT2D eigenvalue weighted by atomic mass is 16.5. The maximum Gasteiger partial charge on any atom is 0.337 e. The molecule has 1 aromatic rings. The molecular weight excluding hydrogens is 314 g/mol. The molecule has 0 aromatic carbocycles. The smallest absolute Gasteiger partial charge is 0.337 e. The molecule has 8 heteroatoms. The number of carbonyl (C=O) groups excluding carboxylic acids is 2. The summed E-state index contributed by atoms with van der Waals surface area (Å²) in [5, 5.41) is 12.1. The van der Waals surface area contributed by atoms with Crippen molar-refractivity contribution in [3.05, 3.63) is 23.0 Å². The summed E-state index contributed by atoms with van der Waals surface area (Å²) in [6.07, 6.45) is 1.70. The Morgan fingerprint density at radius 3 is 2.88 bits per heavy atom. The number of likely N-dealkylation sites (tertiary alicyclic amines) is 1. The fourth-order valence-corrected chi connectivity index (χ4v) is 3.41. The van der Waals surface area contributed by atoms with Gasteiger partial charge >= 0.3 is 5.97 Å². The van der Waals surface area contributed by atoms with Crippen molar-refractivity contribution >= 4 is 17.8 Å². The number of fused-ring (bicyclic) bond motifs is 1. The Hall–Kier alpha value is -2.35. The number of hydrogen-bond donors (Lipinski definition) is 2. The number of nitrogens with zero attached hydrogens (tertiary/aromatic N) is 2. The first-order valence-electron chi connectivity index (χ1n) is 8.08. The number of carboxylic acid groups (broad SMARTS) is 1. The molecule has 24 heavy (non-hydrogen) atoms. The van der Waals surface area contributed by atoms with E-state index in [0.29, 0.717) is 37.6 Å². The Morgan fingerprint density at radius 1 is 1.38 bits per heavy atom. The largest absolute Gasteiger partial charge is 0.478 e. The van der Waals surface area contributed by atoms with Gasteiger partial charge in [0, 0.05) is 32.6 Å². The summed E-state index contributed by atoms with van der Waals surface area (Å²) >= 11 is 0. The lowest BCUT2D eigenvalue weighted by Gasteiger charge is -2.26. The molecule has 2 aliphatic heterocycles. The third-order valence-corrected chi connectivity index (χ3v) is 4.58. The predicted octanol–water partition coefficient (Wildman–Crippen LogP) is 0.457. The summed E-state index contributed by atoms with van der Waals surface area (Å²) in [5.74, 6) is -1.36. The third kappa shape index (κ3) is 3.01. The number of nitrogens with one attached hydrogen (secondary N) is 1. The number of amides is 2. The van der Waals surface area contributed by atoms with Crippen molar-refractivity contribution in [2.45, 2.75) is 39.0 Å². The van der Waals surface area contributed by atoms with Crippen LogP contribution in [0.3, 0.4) is 0 Å². The molecule has 0 aliphatic carbocycles. The fraction of sp³-hybridized carbons (Fsp3) is 0.562. The maximum absolute atomic E-state index is 13.0. The number of ether oxygens (including phenoxy) is 1. The Kier molecular flexibility index (Phi) is 4.57. The molecule has 0 radical (unpaired) electrons. The molecule has 2 amide bonds. The van der Waals surface area contributed by atoms with E-state index in [1.807, 2.05) is 0 Å². The molecule has 0 saturated carbocycles. The van der Waals surface area contributed by atoms with Gasteiger partial charge in [0.2, 0.25) is 5.91 Å². The number of rotatable bonds is 4. The lowest BCUT2D eigenvalue weighted by atomic mass is 10.2. The quantitative estimate of drug-likeness (QED) is 0.832. The van der Waals surface area contributed by atoms with E-state index in [1.54, 1.807) is 9.47 Å². The topological polar surface area (TPSA) is 101 Å². The van der Waals surface area contributed by atoms with E-state index in [1.165, 1.54) is 13.0 Å². The molecule has 2 aliphatic rings. The van der Waals surface area contributed by atoms with Gasteiger partial charge in [0.1, 0.15) is 5.69 Å². The van der Waals surface area contributed by atoms with E-state index in [2.05, 4.69) is 5.32 Å². The second kappa shape index (κ2) is 6.64. The molecule has 130 valence electrons. The average molecular weight is 335 g/mol. The monoisotopic (exact) mass is 335 g/mol. The zero-order valence-electron chi connectivity index (χ0n) is 13.6. The van der Waals surface area contributed by atoms with Crippen molar-refractivity contribution in [1.29, 1.82) is 0 Å². The van der Waals surface area contributed by atoms with Crippen LogP contribution in [-0.4, -0.2) is 58.1 Å². The standard InChI is InChI=1S/C16H21N3O5/c1-10(20)17-8-11-3-2-4-18(11)15(21)13-7-12(16(22)23)14-9-24-6-5-19(13)14/h7,11H,2-6,8-9H2,1H3,(H,17,20)(H,22,23). The van der Waals surface area contributed by atoms with Crippen molar-refractivity contribution in [1.82, 2.24) is 14.8 Å². The summed E-state index contributed by atoms with van der Waals surface area (Å²) in [7, 11) is 0. The summed E-state index contributed by atoms with van der Waals surface area (Å²) in [6.45, 7) is 3.60. The van der Waals surface area contributed by atoms with Crippen LogP contribution >= 0.6 is 0 Å². The first kappa shape index (κ1) is 16.5. The minimum atomic E-state index is -1.06. The molecule has 8 nitrogen and oxygen atoms in total. The zero-order chi connectivity index (χ0) is 17.3. The van der Waals surface area contributed by atoms with Gasteiger partial charge in [-0.05, 0) is 18.9 Å². The number of carboxylic acids is 1. The van der Waals surface area contributed by atoms with Crippen molar-refractivity contribution < 1.29 is 24.2 Å². The van der Waals surface area contributed by atoms with Crippen LogP contribution in [0.15, 0.2) is 6.07 Å². The van der Waals surface area contributed by atoms with Crippen molar-refractivity contribution in [3.63, 3.8) is 0 Å². The summed E-state index contributed by atoms with van der Waals surface area (Å²) in [4.78, 5) is 37.3. The maximum atomic E-state index is 13.0. The van der Waals surface area contributed by atoms with Crippen LogP contribution in [-0.2, 0) is 22.7 Å². The fourth-order valence-electron chi connectivity index (χ4n) is 3.41. The number of carbonyl (C=O) groups is 3. The van der Waals surface area contributed by atoms with Gasteiger partial charge < -0.3 is 24.6 Å².